The van der Waals surface area contributed by atoms with Crippen molar-refractivity contribution in [3.63, 3.8) is 0 Å². The summed E-state index contributed by atoms with van der Waals surface area (Å²) in [4.78, 5) is 28.8. The van der Waals surface area contributed by atoms with Gasteiger partial charge in [-0.3, -0.25) is 4.79 Å². The molecule has 6 nitrogen and oxygen atoms in total. The molecule has 0 aromatic heterocycles. The predicted molar refractivity (Wildman–Crippen MR) is 119 cm³/mol. The average molecular weight is 423 g/mol. The van der Waals surface area contributed by atoms with E-state index in [9.17, 15) is 9.59 Å². The van der Waals surface area contributed by atoms with Gasteiger partial charge in [-0.25, -0.2) is 9.69 Å². The third kappa shape index (κ3) is 4.30. The van der Waals surface area contributed by atoms with E-state index >= 15 is 0 Å². The van der Waals surface area contributed by atoms with E-state index in [-0.39, 0.29) is 11.9 Å². The van der Waals surface area contributed by atoms with Gasteiger partial charge >= 0.3 is 6.03 Å². The van der Waals surface area contributed by atoms with Crippen LogP contribution in [0.15, 0.2) is 48.5 Å². The number of urea groups is 1. The first kappa shape index (κ1) is 21.4. The molecule has 6 heteroatoms. The maximum atomic E-state index is 13.4. The fourth-order valence-corrected chi connectivity index (χ4v) is 4.28. The summed E-state index contributed by atoms with van der Waals surface area (Å²) in [5, 5.41) is 2.91. The summed E-state index contributed by atoms with van der Waals surface area (Å²) in [5.74, 6) is 0.953. The highest BCUT2D eigenvalue weighted by atomic mass is 16.5. The van der Waals surface area contributed by atoms with Crippen molar-refractivity contribution in [2.75, 3.05) is 13.8 Å². The van der Waals surface area contributed by atoms with E-state index in [1.807, 2.05) is 24.3 Å². The van der Waals surface area contributed by atoms with Crippen LogP contribution in [0, 0.1) is 0 Å². The molecule has 0 bridgehead atoms. The molecule has 0 spiro atoms. The van der Waals surface area contributed by atoms with Gasteiger partial charge in [0.2, 0.25) is 0 Å². The van der Waals surface area contributed by atoms with Crippen LogP contribution in [0.3, 0.4) is 0 Å². The minimum atomic E-state index is -1.08. The van der Waals surface area contributed by atoms with Crippen molar-refractivity contribution in [2.24, 2.45) is 0 Å². The van der Waals surface area contributed by atoms with E-state index < -0.39 is 5.54 Å². The smallest absolute Gasteiger partial charge is 0.329 e. The quantitative estimate of drug-likeness (QED) is 0.643. The standard InChI is InChI=1S/C25H31N3O3/c1-17(2)19-10-8-18(9-11-19)15-27(21-12-13-21)16-28-23(29)25(3,26-24(28)30)20-6-5-7-22(14-20)31-4/h5-11,14,17,21H,12-13,15-16H2,1-4H3,(H,26,30)/p+1/t25-/m1/s1. The van der Waals surface area contributed by atoms with Gasteiger partial charge in [0.1, 0.15) is 17.8 Å². The molecule has 0 radical (unpaired) electrons. The number of hydrogen-bond acceptors (Lipinski definition) is 3. The summed E-state index contributed by atoms with van der Waals surface area (Å²) in [5.41, 5.74) is 2.19. The van der Waals surface area contributed by atoms with Gasteiger partial charge < -0.3 is 15.0 Å². The monoisotopic (exact) mass is 422 g/mol. The number of carbonyl (C=O) groups is 2. The first-order chi connectivity index (χ1) is 14.8. The Morgan fingerprint density at radius 3 is 2.48 bits per heavy atom. The fraction of sp³-hybridized carbons (Fsp3) is 0.440. The Hall–Kier alpha value is -2.86. The maximum absolute atomic E-state index is 13.4. The van der Waals surface area contributed by atoms with Crippen LogP contribution < -0.4 is 15.0 Å². The lowest BCUT2D eigenvalue weighted by atomic mass is 9.92. The molecule has 2 aromatic rings. The third-order valence-corrected chi connectivity index (χ3v) is 6.52. The van der Waals surface area contributed by atoms with E-state index in [4.69, 9.17) is 4.74 Å². The molecule has 1 saturated heterocycles. The molecule has 3 amide bonds. The van der Waals surface area contributed by atoms with Gasteiger partial charge in [-0.05, 0) is 36.1 Å². The van der Waals surface area contributed by atoms with Crippen LogP contribution in [0.2, 0.25) is 0 Å². The molecule has 1 aliphatic carbocycles. The Morgan fingerprint density at radius 1 is 1.16 bits per heavy atom. The number of methoxy groups -OCH3 is 1. The van der Waals surface area contributed by atoms with Crippen LogP contribution in [0.4, 0.5) is 4.79 Å². The predicted octanol–water partition coefficient (Wildman–Crippen LogP) is 2.79. The highest BCUT2D eigenvalue weighted by molar-refractivity contribution is 6.07. The van der Waals surface area contributed by atoms with E-state index in [1.54, 1.807) is 14.0 Å². The van der Waals surface area contributed by atoms with Crippen LogP contribution in [0.5, 0.6) is 5.75 Å². The minimum absolute atomic E-state index is 0.209. The first-order valence-electron chi connectivity index (χ1n) is 11.0. The second kappa shape index (κ2) is 8.35. The van der Waals surface area contributed by atoms with E-state index in [0.717, 1.165) is 24.9 Å². The number of quaternary nitrogens is 1. The number of amides is 3. The number of nitrogens with one attached hydrogen (secondary N) is 2. The summed E-state index contributed by atoms with van der Waals surface area (Å²) in [6.07, 6.45) is 2.27. The maximum Gasteiger partial charge on any atom is 0.329 e. The van der Waals surface area contributed by atoms with E-state index in [2.05, 4.69) is 43.4 Å². The van der Waals surface area contributed by atoms with Crippen molar-refractivity contribution < 1.29 is 19.2 Å². The van der Waals surface area contributed by atoms with Crippen molar-refractivity contribution in [1.82, 2.24) is 10.2 Å². The van der Waals surface area contributed by atoms with Gasteiger partial charge in [0.15, 0.2) is 6.67 Å². The van der Waals surface area contributed by atoms with Crippen molar-refractivity contribution in [2.45, 2.75) is 57.7 Å². The third-order valence-electron chi connectivity index (χ3n) is 6.52. The second-order valence-corrected chi connectivity index (χ2v) is 9.18. The van der Waals surface area contributed by atoms with E-state index in [1.165, 1.54) is 20.9 Å². The minimum Gasteiger partial charge on any atom is -0.497 e. The molecule has 1 saturated carbocycles. The Labute approximate surface area is 184 Å². The zero-order valence-corrected chi connectivity index (χ0v) is 18.8. The van der Waals surface area contributed by atoms with Gasteiger partial charge in [0.05, 0.1) is 13.2 Å². The lowest BCUT2D eigenvalue weighted by Gasteiger charge is -2.25. The van der Waals surface area contributed by atoms with Crippen LogP contribution in [-0.4, -0.2) is 36.7 Å². The van der Waals surface area contributed by atoms with Crippen molar-refractivity contribution in [1.29, 1.82) is 0 Å². The van der Waals surface area contributed by atoms with Crippen LogP contribution in [0.25, 0.3) is 0 Å². The zero-order chi connectivity index (χ0) is 22.2. The van der Waals surface area contributed by atoms with Crippen LogP contribution in [-0.2, 0) is 16.9 Å². The Morgan fingerprint density at radius 2 is 1.87 bits per heavy atom. The number of carbonyl (C=O) groups excluding carboxylic acids is 2. The lowest BCUT2D eigenvalue weighted by molar-refractivity contribution is -0.931. The molecule has 1 heterocycles. The molecular weight excluding hydrogens is 390 g/mol. The molecule has 2 atom stereocenters. The molecule has 164 valence electrons. The molecule has 2 fully saturated rings. The largest absolute Gasteiger partial charge is 0.497 e. The first-order valence-corrected chi connectivity index (χ1v) is 11.0. The molecular formula is C25H32N3O3+. The van der Waals surface area contributed by atoms with Gasteiger partial charge in [-0.15, -0.1) is 0 Å². The lowest BCUT2D eigenvalue weighted by Crippen LogP contribution is -3.13. The Balaban J connectivity index is 1.51. The Kier molecular flexibility index (Phi) is 5.75. The number of ether oxygens (including phenoxy) is 1. The van der Waals surface area contributed by atoms with Crippen molar-refractivity contribution in [3.05, 3.63) is 65.2 Å². The van der Waals surface area contributed by atoms with Crippen LogP contribution >= 0.6 is 0 Å². The number of benzene rings is 2. The number of rotatable bonds is 8. The highest BCUT2D eigenvalue weighted by Crippen LogP contribution is 2.30. The summed E-state index contributed by atoms with van der Waals surface area (Å²) in [6.45, 7) is 7.32. The zero-order valence-electron chi connectivity index (χ0n) is 18.8. The molecule has 1 unspecified atom stereocenters. The topological polar surface area (TPSA) is 63.1 Å². The molecule has 4 rings (SSSR count). The summed E-state index contributed by atoms with van der Waals surface area (Å²) in [6, 6.07) is 16.2. The van der Waals surface area contributed by atoms with Crippen molar-refractivity contribution in [3.8, 4) is 5.75 Å². The van der Waals surface area contributed by atoms with Gasteiger partial charge in [-0.2, -0.15) is 0 Å². The average Bonchev–Trinajstić information content (AvgIpc) is 3.58. The molecule has 2 aromatic carbocycles. The SMILES string of the molecule is COc1cccc([C@@]2(C)NC(=O)N(C[NH+](Cc3ccc(C(C)C)cc3)C3CC3)C2=O)c1. The summed E-state index contributed by atoms with van der Waals surface area (Å²) < 4.78 is 5.30. The molecule has 1 aliphatic heterocycles. The number of nitrogens with zero attached hydrogens (tertiary/aromatic N) is 1. The molecule has 2 N–H and O–H groups in total. The Bertz CT molecular complexity index is 968. The van der Waals surface area contributed by atoms with Crippen molar-refractivity contribution >= 4 is 11.9 Å². The molecule has 31 heavy (non-hydrogen) atoms. The number of hydrogen-bond donors (Lipinski definition) is 2. The highest BCUT2D eigenvalue weighted by Gasteiger charge is 2.51. The van der Waals surface area contributed by atoms with Gasteiger partial charge in [0, 0.05) is 18.4 Å². The van der Waals surface area contributed by atoms with Gasteiger partial charge in [0.25, 0.3) is 5.91 Å². The normalized spacial score (nSPS) is 22.0. The number of imide groups is 1. The van der Waals surface area contributed by atoms with E-state index in [0.29, 0.717) is 24.4 Å². The van der Waals surface area contributed by atoms with Gasteiger partial charge in [-0.1, -0.05) is 50.2 Å². The summed E-state index contributed by atoms with van der Waals surface area (Å²) in [7, 11) is 1.59. The summed E-state index contributed by atoms with van der Waals surface area (Å²) >= 11 is 0. The molecule has 2 aliphatic rings. The fourth-order valence-electron chi connectivity index (χ4n) is 4.28. The van der Waals surface area contributed by atoms with Crippen LogP contribution in [0.1, 0.15) is 56.2 Å². The second-order valence-electron chi connectivity index (χ2n) is 9.18.